The third kappa shape index (κ3) is 5.06. The smallest absolute Gasteiger partial charge is 0.216 e. The van der Waals surface area contributed by atoms with Crippen LogP contribution in [0, 0.1) is 6.92 Å². The fourth-order valence-corrected chi connectivity index (χ4v) is 5.22. The van der Waals surface area contributed by atoms with Gasteiger partial charge in [-0.1, -0.05) is 41.6 Å². The molecule has 0 radical (unpaired) electrons. The van der Waals surface area contributed by atoms with Crippen molar-refractivity contribution in [3.63, 3.8) is 0 Å². The number of benzene rings is 2. The SMILES string of the molecule is CC(=O)NCCc1ccc(C(=O)CSc2nc3ccccc3n2-c2ccc(C)cc2)s1. The molecule has 2 aromatic carbocycles. The topological polar surface area (TPSA) is 64.0 Å². The second-order valence-corrected chi connectivity index (χ2v) is 9.38. The molecule has 2 heterocycles. The summed E-state index contributed by atoms with van der Waals surface area (Å²) >= 11 is 2.95. The van der Waals surface area contributed by atoms with Crippen LogP contribution in [0.2, 0.25) is 0 Å². The average molecular weight is 450 g/mol. The highest BCUT2D eigenvalue weighted by Crippen LogP contribution is 2.29. The minimum atomic E-state index is -0.0410. The Bertz CT molecular complexity index is 1230. The number of imidazole rings is 1. The summed E-state index contributed by atoms with van der Waals surface area (Å²) in [6.07, 6.45) is 0.730. The third-order valence-corrected chi connectivity index (χ3v) is 6.96. The summed E-state index contributed by atoms with van der Waals surface area (Å²) in [6, 6.07) is 20.2. The number of amides is 1. The van der Waals surface area contributed by atoms with Crippen LogP contribution >= 0.6 is 23.1 Å². The van der Waals surface area contributed by atoms with Gasteiger partial charge in [-0.2, -0.15) is 0 Å². The van der Waals surface area contributed by atoms with Gasteiger partial charge in [0.25, 0.3) is 0 Å². The zero-order valence-electron chi connectivity index (χ0n) is 17.4. The number of hydrogen-bond donors (Lipinski definition) is 1. The molecule has 0 aliphatic heterocycles. The van der Waals surface area contributed by atoms with Crippen LogP contribution in [-0.4, -0.2) is 33.5 Å². The van der Waals surface area contributed by atoms with E-state index in [1.54, 1.807) is 0 Å². The summed E-state index contributed by atoms with van der Waals surface area (Å²) in [7, 11) is 0. The van der Waals surface area contributed by atoms with Crippen molar-refractivity contribution in [3.05, 3.63) is 76.0 Å². The third-order valence-electron chi connectivity index (χ3n) is 4.84. The second-order valence-electron chi connectivity index (χ2n) is 7.26. The van der Waals surface area contributed by atoms with E-state index in [4.69, 9.17) is 4.98 Å². The summed E-state index contributed by atoms with van der Waals surface area (Å²) in [6.45, 7) is 4.15. The number of carbonyl (C=O) groups is 2. The van der Waals surface area contributed by atoms with Gasteiger partial charge in [-0.15, -0.1) is 11.3 Å². The fourth-order valence-electron chi connectivity index (χ4n) is 3.27. The standard InChI is InChI=1S/C24H23N3O2S2/c1-16-7-9-18(10-8-16)27-21-6-4-3-5-20(21)26-24(27)30-15-22(29)23-12-11-19(31-23)13-14-25-17(2)28/h3-12H,13-15H2,1-2H3,(H,25,28). The zero-order valence-corrected chi connectivity index (χ0v) is 19.1. The summed E-state index contributed by atoms with van der Waals surface area (Å²) < 4.78 is 2.11. The van der Waals surface area contributed by atoms with Gasteiger partial charge in [0, 0.05) is 24.0 Å². The number of thioether (sulfide) groups is 1. The maximum Gasteiger partial charge on any atom is 0.216 e. The Kier molecular flexibility index (Phi) is 6.53. The van der Waals surface area contributed by atoms with Crippen molar-refractivity contribution in [2.45, 2.75) is 25.4 Å². The lowest BCUT2D eigenvalue weighted by molar-refractivity contribution is -0.118. The molecule has 1 amide bonds. The quantitative estimate of drug-likeness (QED) is 0.302. The Balaban J connectivity index is 1.51. The first-order chi connectivity index (χ1) is 15.0. The Morgan fingerprint density at radius 3 is 2.61 bits per heavy atom. The number of hydrogen-bond acceptors (Lipinski definition) is 5. The van der Waals surface area contributed by atoms with Gasteiger partial charge in [0.05, 0.1) is 21.7 Å². The van der Waals surface area contributed by atoms with Gasteiger partial charge in [-0.05, 0) is 49.7 Å². The highest BCUT2D eigenvalue weighted by molar-refractivity contribution is 7.99. The number of Topliss-reactive ketones (excluding diaryl/α,β-unsaturated/α-hetero) is 1. The first-order valence-electron chi connectivity index (χ1n) is 10.0. The molecular weight excluding hydrogens is 426 g/mol. The Morgan fingerprint density at radius 1 is 1.06 bits per heavy atom. The first kappa shape index (κ1) is 21.3. The van der Waals surface area contributed by atoms with Crippen LogP contribution in [0.15, 0.2) is 65.8 Å². The molecule has 4 rings (SSSR count). The Hall–Kier alpha value is -2.90. The van der Waals surface area contributed by atoms with E-state index in [0.717, 1.165) is 38.1 Å². The molecule has 0 atom stereocenters. The maximum absolute atomic E-state index is 12.8. The van der Waals surface area contributed by atoms with E-state index in [1.165, 1.54) is 35.6 Å². The number of nitrogens with one attached hydrogen (secondary N) is 1. The van der Waals surface area contributed by atoms with Crippen molar-refractivity contribution in [1.82, 2.24) is 14.9 Å². The highest BCUT2D eigenvalue weighted by Gasteiger charge is 2.16. The minimum Gasteiger partial charge on any atom is -0.356 e. The highest BCUT2D eigenvalue weighted by atomic mass is 32.2. The summed E-state index contributed by atoms with van der Waals surface area (Å²) in [5.41, 5.74) is 4.17. The van der Waals surface area contributed by atoms with E-state index < -0.39 is 0 Å². The number of para-hydroxylation sites is 2. The van der Waals surface area contributed by atoms with E-state index in [0.29, 0.717) is 12.3 Å². The predicted octanol–water partition coefficient (Wildman–Crippen LogP) is 5.05. The van der Waals surface area contributed by atoms with Crippen molar-refractivity contribution in [1.29, 1.82) is 0 Å². The zero-order chi connectivity index (χ0) is 21.8. The molecule has 0 saturated carbocycles. The van der Waals surface area contributed by atoms with Gasteiger partial charge in [0.2, 0.25) is 5.91 Å². The number of thiophene rings is 1. The molecule has 7 heteroatoms. The number of rotatable bonds is 8. The van der Waals surface area contributed by atoms with Gasteiger partial charge in [-0.25, -0.2) is 4.98 Å². The molecule has 2 aromatic heterocycles. The molecule has 4 aromatic rings. The molecule has 158 valence electrons. The molecule has 0 aliphatic rings. The first-order valence-corrected chi connectivity index (χ1v) is 11.8. The van der Waals surface area contributed by atoms with Crippen molar-refractivity contribution in [2.24, 2.45) is 0 Å². The van der Waals surface area contributed by atoms with E-state index in [2.05, 4.69) is 47.1 Å². The van der Waals surface area contributed by atoms with Gasteiger partial charge in [0.15, 0.2) is 10.9 Å². The fraction of sp³-hybridized carbons (Fsp3) is 0.208. The van der Waals surface area contributed by atoms with Gasteiger partial charge >= 0.3 is 0 Å². The minimum absolute atomic E-state index is 0.0410. The monoisotopic (exact) mass is 449 g/mol. The summed E-state index contributed by atoms with van der Waals surface area (Å²) in [5, 5.41) is 3.59. The van der Waals surface area contributed by atoms with Crippen LogP contribution < -0.4 is 5.32 Å². The van der Waals surface area contributed by atoms with Crippen molar-refractivity contribution < 1.29 is 9.59 Å². The van der Waals surface area contributed by atoms with Crippen LogP contribution in [0.1, 0.15) is 27.0 Å². The summed E-state index contributed by atoms with van der Waals surface area (Å²) in [5.74, 6) is 0.366. The molecule has 31 heavy (non-hydrogen) atoms. The van der Waals surface area contributed by atoms with Gasteiger partial charge < -0.3 is 5.32 Å². The van der Waals surface area contributed by atoms with Crippen LogP contribution in [-0.2, 0) is 11.2 Å². The van der Waals surface area contributed by atoms with Crippen molar-refractivity contribution in [2.75, 3.05) is 12.3 Å². The average Bonchev–Trinajstić information content (AvgIpc) is 3.37. The normalized spacial score (nSPS) is 11.0. The van der Waals surface area contributed by atoms with E-state index in [-0.39, 0.29) is 11.7 Å². The van der Waals surface area contributed by atoms with E-state index >= 15 is 0 Å². The lowest BCUT2D eigenvalue weighted by atomic mass is 10.2. The molecule has 0 saturated heterocycles. The Morgan fingerprint density at radius 2 is 1.84 bits per heavy atom. The lowest BCUT2D eigenvalue weighted by Gasteiger charge is -2.09. The number of aromatic nitrogens is 2. The lowest BCUT2D eigenvalue weighted by Crippen LogP contribution is -2.22. The molecule has 0 aliphatic carbocycles. The van der Waals surface area contributed by atoms with E-state index in [9.17, 15) is 9.59 Å². The molecule has 0 bridgehead atoms. The molecule has 1 N–H and O–H groups in total. The second kappa shape index (κ2) is 9.49. The molecule has 0 spiro atoms. The number of fused-ring (bicyclic) bond motifs is 1. The molecule has 0 fully saturated rings. The van der Waals surface area contributed by atoms with Crippen LogP contribution in [0.5, 0.6) is 0 Å². The number of carbonyl (C=O) groups excluding carboxylic acids is 2. The van der Waals surface area contributed by atoms with Gasteiger partial charge in [-0.3, -0.25) is 14.2 Å². The Labute approximate surface area is 189 Å². The largest absolute Gasteiger partial charge is 0.356 e. The molecular formula is C24H23N3O2S2. The van der Waals surface area contributed by atoms with Crippen LogP contribution in [0.25, 0.3) is 16.7 Å². The van der Waals surface area contributed by atoms with E-state index in [1.807, 2.05) is 30.3 Å². The van der Waals surface area contributed by atoms with Crippen LogP contribution in [0.3, 0.4) is 0 Å². The number of aryl methyl sites for hydroxylation is 1. The molecule has 5 nitrogen and oxygen atoms in total. The maximum atomic E-state index is 12.8. The molecule has 0 unspecified atom stereocenters. The van der Waals surface area contributed by atoms with Crippen molar-refractivity contribution in [3.8, 4) is 5.69 Å². The van der Waals surface area contributed by atoms with Crippen molar-refractivity contribution >= 4 is 45.8 Å². The number of nitrogens with zero attached hydrogens (tertiary/aromatic N) is 2. The summed E-state index contributed by atoms with van der Waals surface area (Å²) in [4.78, 5) is 30.4. The predicted molar refractivity (Wildman–Crippen MR) is 128 cm³/mol. The van der Waals surface area contributed by atoms with Gasteiger partial charge in [0.1, 0.15) is 0 Å². The van der Waals surface area contributed by atoms with Crippen LogP contribution in [0.4, 0.5) is 0 Å². The number of ketones is 1.